The molecule has 2 aromatic carbocycles. The first-order chi connectivity index (χ1) is 10.2. The van der Waals surface area contributed by atoms with Gasteiger partial charge in [-0.3, -0.25) is 0 Å². The summed E-state index contributed by atoms with van der Waals surface area (Å²) in [5.41, 5.74) is 3.42. The molecule has 1 heterocycles. The second-order valence-corrected chi connectivity index (χ2v) is 5.31. The van der Waals surface area contributed by atoms with Crippen LogP contribution < -0.4 is 5.32 Å². The highest BCUT2D eigenvalue weighted by Crippen LogP contribution is 2.26. The lowest BCUT2D eigenvalue weighted by Gasteiger charge is -2.08. The summed E-state index contributed by atoms with van der Waals surface area (Å²) in [6.07, 6.45) is 0. The zero-order valence-electron chi connectivity index (χ0n) is 11.0. The van der Waals surface area contributed by atoms with Gasteiger partial charge in [-0.1, -0.05) is 53.5 Å². The van der Waals surface area contributed by atoms with Crippen LogP contribution in [0.2, 0.25) is 10.0 Å². The van der Waals surface area contributed by atoms with Crippen LogP contribution in [0.15, 0.2) is 48.5 Å². The summed E-state index contributed by atoms with van der Waals surface area (Å²) in [6.45, 7) is 0.501. The molecule has 0 aliphatic carbocycles. The molecule has 0 aliphatic heterocycles. The Morgan fingerprint density at radius 1 is 1.00 bits per heavy atom. The molecule has 2 N–H and O–H groups in total. The van der Waals surface area contributed by atoms with Gasteiger partial charge in [-0.15, -0.1) is 0 Å². The van der Waals surface area contributed by atoms with E-state index in [-0.39, 0.29) is 0 Å². The molecule has 0 radical (unpaired) electrons. The summed E-state index contributed by atoms with van der Waals surface area (Å²) in [5.74, 6) is 0. The third-order valence-electron chi connectivity index (χ3n) is 3.04. The molecule has 0 aliphatic rings. The number of aromatic amines is 1. The lowest BCUT2D eigenvalue weighted by Crippen LogP contribution is -2.02. The van der Waals surface area contributed by atoms with Crippen molar-refractivity contribution in [3.8, 4) is 11.3 Å². The largest absolute Gasteiger partial charge is 0.378 e. The first-order valence-corrected chi connectivity index (χ1v) is 7.13. The summed E-state index contributed by atoms with van der Waals surface area (Å²) in [7, 11) is 0. The number of benzene rings is 2. The number of nitrogens with zero attached hydrogens (tertiary/aromatic N) is 2. The van der Waals surface area contributed by atoms with Crippen LogP contribution in [0.25, 0.3) is 11.3 Å². The van der Waals surface area contributed by atoms with Crippen LogP contribution in [-0.4, -0.2) is 15.4 Å². The summed E-state index contributed by atoms with van der Waals surface area (Å²) in [6, 6.07) is 15.2. The fraction of sp³-hybridized carbons (Fsp3) is 0.0667. The summed E-state index contributed by atoms with van der Waals surface area (Å²) in [4.78, 5) is 0. The molecular formula is C15H12Cl2N4. The van der Waals surface area contributed by atoms with Gasteiger partial charge in [0.05, 0.1) is 17.3 Å². The normalized spacial score (nSPS) is 10.6. The van der Waals surface area contributed by atoms with E-state index in [1.54, 1.807) is 18.2 Å². The summed E-state index contributed by atoms with van der Waals surface area (Å²) < 4.78 is 0. The van der Waals surface area contributed by atoms with Gasteiger partial charge in [-0.05, 0) is 18.2 Å². The number of nitrogens with one attached hydrogen (secondary N) is 2. The number of rotatable bonds is 4. The first kappa shape index (κ1) is 13.9. The van der Waals surface area contributed by atoms with Crippen molar-refractivity contribution in [2.24, 2.45) is 0 Å². The van der Waals surface area contributed by atoms with Crippen LogP contribution >= 0.6 is 23.2 Å². The minimum absolute atomic E-state index is 0.501. The van der Waals surface area contributed by atoms with E-state index in [1.807, 2.05) is 30.3 Å². The van der Waals surface area contributed by atoms with Gasteiger partial charge in [0.2, 0.25) is 0 Å². The maximum Gasteiger partial charge on any atom is 0.117 e. The van der Waals surface area contributed by atoms with E-state index in [2.05, 4.69) is 20.7 Å². The predicted octanol–water partition coefficient (Wildman–Crippen LogP) is 4.39. The van der Waals surface area contributed by atoms with Crippen molar-refractivity contribution in [2.75, 3.05) is 5.32 Å². The molecule has 0 bridgehead atoms. The van der Waals surface area contributed by atoms with Crippen molar-refractivity contribution < 1.29 is 0 Å². The second kappa shape index (κ2) is 6.16. The quantitative estimate of drug-likeness (QED) is 0.750. The van der Waals surface area contributed by atoms with E-state index in [1.165, 1.54) is 0 Å². The van der Waals surface area contributed by atoms with E-state index in [0.717, 1.165) is 22.6 Å². The average Bonchev–Trinajstić information content (AvgIpc) is 2.97. The Hall–Kier alpha value is -2.04. The Bertz CT molecular complexity index is 740. The molecule has 0 unspecified atom stereocenters. The predicted molar refractivity (Wildman–Crippen MR) is 85.6 cm³/mol. The van der Waals surface area contributed by atoms with E-state index < -0.39 is 0 Å². The van der Waals surface area contributed by atoms with E-state index >= 15 is 0 Å². The topological polar surface area (TPSA) is 53.6 Å². The average molecular weight is 319 g/mol. The third kappa shape index (κ3) is 3.17. The van der Waals surface area contributed by atoms with Crippen molar-refractivity contribution in [2.45, 2.75) is 6.54 Å². The van der Waals surface area contributed by atoms with Crippen molar-refractivity contribution in [1.82, 2.24) is 15.4 Å². The van der Waals surface area contributed by atoms with Gasteiger partial charge < -0.3 is 5.32 Å². The lowest BCUT2D eigenvalue weighted by atomic mass is 10.1. The van der Waals surface area contributed by atoms with Crippen LogP contribution in [0.5, 0.6) is 0 Å². The summed E-state index contributed by atoms with van der Waals surface area (Å²) in [5, 5.41) is 15.5. The van der Waals surface area contributed by atoms with Gasteiger partial charge in [0.15, 0.2) is 0 Å². The summed E-state index contributed by atoms with van der Waals surface area (Å²) >= 11 is 12.1. The van der Waals surface area contributed by atoms with Crippen LogP contribution in [0, 0.1) is 0 Å². The van der Waals surface area contributed by atoms with E-state index in [4.69, 9.17) is 23.2 Å². The molecule has 0 fully saturated rings. The molecule has 0 saturated carbocycles. The number of halogens is 2. The zero-order valence-corrected chi connectivity index (χ0v) is 12.5. The lowest BCUT2D eigenvalue weighted by molar-refractivity contribution is 0.911. The number of hydrogen-bond acceptors (Lipinski definition) is 3. The molecule has 4 nitrogen and oxygen atoms in total. The van der Waals surface area contributed by atoms with Crippen molar-refractivity contribution in [1.29, 1.82) is 0 Å². The molecule has 0 saturated heterocycles. The molecular weight excluding hydrogens is 307 g/mol. The van der Waals surface area contributed by atoms with Crippen LogP contribution in [0.3, 0.4) is 0 Å². The van der Waals surface area contributed by atoms with Gasteiger partial charge in [0.1, 0.15) is 11.4 Å². The van der Waals surface area contributed by atoms with Crippen molar-refractivity contribution in [3.05, 3.63) is 64.3 Å². The Morgan fingerprint density at radius 3 is 2.62 bits per heavy atom. The number of anilines is 1. The van der Waals surface area contributed by atoms with E-state index in [0.29, 0.717) is 16.6 Å². The molecule has 21 heavy (non-hydrogen) atoms. The smallest absolute Gasteiger partial charge is 0.117 e. The highest BCUT2D eigenvalue weighted by molar-refractivity contribution is 6.35. The maximum absolute atomic E-state index is 6.13. The van der Waals surface area contributed by atoms with Crippen LogP contribution in [0.4, 0.5) is 5.69 Å². The van der Waals surface area contributed by atoms with Gasteiger partial charge >= 0.3 is 0 Å². The Labute approximate surface area is 132 Å². The fourth-order valence-electron chi connectivity index (χ4n) is 2.02. The van der Waals surface area contributed by atoms with E-state index in [9.17, 15) is 0 Å². The fourth-order valence-corrected chi connectivity index (χ4v) is 2.37. The molecule has 1 aromatic heterocycles. The second-order valence-electron chi connectivity index (χ2n) is 4.46. The zero-order chi connectivity index (χ0) is 14.7. The standard InChI is InChI=1S/C15H12Cl2N4/c16-11-6-7-12(17)13(8-11)18-9-14-15(20-21-19-14)10-4-2-1-3-5-10/h1-8,18H,9H2,(H,19,20,21). The number of aromatic nitrogens is 3. The molecule has 106 valence electrons. The maximum atomic E-state index is 6.13. The van der Waals surface area contributed by atoms with Crippen molar-refractivity contribution in [3.63, 3.8) is 0 Å². The van der Waals surface area contributed by atoms with Crippen LogP contribution in [-0.2, 0) is 6.54 Å². The minimum Gasteiger partial charge on any atom is -0.378 e. The SMILES string of the molecule is Clc1ccc(Cl)c(NCc2n[nH]nc2-c2ccccc2)c1. The molecule has 0 spiro atoms. The number of H-pyrrole nitrogens is 1. The Kier molecular flexibility index (Phi) is 4.08. The molecule has 3 aromatic rings. The highest BCUT2D eigenvalue weighted by atomic mass is 35.5. The molecule has 3 rings (SSSR count). The Morgan fingerprint density at radius 2 is 1.81 bits per heavy atom. The Balaban J connectivity index is 1.81. The minimum atomic E-state index is 0.501. The molecule has 0 amide bonds. The molecule has 0 atom stereocenters. The van der Waals surface area contributed by atoms with Gasteiger partial charge in [0.25, 0.3) is 0 Å². The third-order valence-corrected chi connectivity index (χ3v) is 3.61. The monoisotopic (exact) mass is 318 g/mol. The first-order valence-electron chi connectivity index (χ1n) is 6.38. The van der Waals surface area contributed by atoms with Gasteiger partial charge in [-0.25, -0.2) is 0 Å². The van der Waals surface area contributed by atoms with Gasteiger partial charge in [0, 0.05) is 10.6 Å². The van der Waals surface area contributed by atoms with Crippen LogP contribution in [0.1, 0.15) is 5.69 Å². The number of hydrogen-bond donors (Lipinski definition) is 2. The molecule has 6 heteroatoms. The highest BCUT2D eigenvalue weighted by Gasteiger charge is 2.10. The van der Waals surface area contributed by atoms with Gasteiger partial charge in [-0.2, -0.15) is 15.4 Å². The van der Waals surface area contributed by atoms with Crippen molar-refractivity contribution >= 4 is 28.9 Å².